The highest BCUT2D eigenvalue weighted by molar-refractivity contribution is 5.92. The molecule has 3 nitrogen and oxygen atoms in total. The van der Waals surface area contributed by atoms with Crippen molar-refractivity contribution in [1.29, 1.82) is 0 Å². The van der Waals surface area contributed by atoms with Gasteiger partial charge in [-0.3, -0.25) is 4.79 Å². The molecule has 1 amide bonds. The zero-order valence-corrected chi connectivity index (χ0v) is 15.7. The second-order valence-corrected chi connectivity index (χ2v) is 6.51. The Morgan fingerprint density at radius 2 is 1.59 bits per heavy atom. The topological polar surface area (TPSA) is 49.3 Å². The van der Waals surface area contributed by atoms with Gasteiger partial charge in [0.2, 0.25) is 5.91 Å². The Balaban J connectivity index is 2.28. The maximum Gasteiger partial charge on any atom is 0.416 e. The van der Waals surface area contributed by atoms with E-state index in [0.29, 0.717) is 18.2 Å². The molecule has 1 unspecified atom stereocenters. The molecule has 0 radical (unpaired) electrons. The monoisotopic (exact) mass is 471 g/mol. The number of amides is 1. The van der Waals surface area contributed by atoms with Gasteiger partial charge >= 0.3 is 18.5 Å². The Kier molecular flexibility index (Phi) is 7.28. The standard InChI is InChI=1S/C20H14F9NO2/c21-18(22,23)14-3-1-2-12(9-14)17(20(27,28)29)30-16(32)7-5-11-4-6-13(10-31)15(8-11)19(24,25)26/h1-9,17,31H,10H2,(H,30,32). The predicted molar refractivity (Wildman–Crippen MR) is 94.8 cm³/mol. The molecular weight excluding hydrogens is 457 g/mol. The fraction of sp³-hybridized carbons (Fsp3) is 0.250. The summed E-state index contributed by atoms with van der Waals surface area (Å²) in [7, 11) is 0. The van der Waals surface area contributed by atoms with Gasteiger partial charge in [-0.05, 0) is 41.0 Å². The van der Waals surface area contributed by atoms with Crippen LogP contribution in [0, 0.1) is 0 Å². The van der Waals surface area contributed by atoms with Crippen molar-refractivity contribution in [1.82, 2.24) is 5.32 Å². The summed E-state index contributed by atoms with van der Waals surface area (Å²) in [6, 6.07) is 2.13. The van der Waals surface area contributed by atoms with E-state index in [1.165, 1.54) is 5.32 Å². The molecule has 0 saturated heterocycles. The molecule has 0 heterocycles. The molecule has 0 aliphatic rings. The molecule has 2 aromatic rings. The molecular formula is C20H14F9NO2. The molecule has 174 valence electrons. The molecule has 1 atom stereocenters. The number of alkyl halides is 9. The van der Waals surface area contributed by atoms with Crippen LogP contribution in [0.25, 0.3) is 6.08 Å². The Hall–Kier alpha value is -3.02. The van der Waals surface area contributed by atoms with E-state index in [2.05, 4.69) is 0 Å². The molecule has 0 aliphatic heterocycles. The first-order valence-corrected chi connectivity index (χ1v) is 8.66. The molecule has 2 N–H and O–H groups in total. The van der Waals surface area contributed by atoms with Gasteiger partial charge in [-0.2, -0.15) is 39.5 Å². The Bertz CT molecular complexity index is 992. The third-order valence-electron chi connectivity index (χ3n) is 4.20. The summed E-state index contributed by atoms with van der Waals surface area (Å²) in [5.41, 5.74) is -4.06. The lowest BCUT2D eigenvalue weighted by molar-refractivity contribution is -0.162. The fourth-order valence-corrected chi connectivity index (χ4v) is 2.71. The van der Waals surface area contributed by atoms with E-state index in [4.69, 9.17) is 5.11 Å². The summed E-state index contributed by atoms with van der Waals surface area (Å²) in [6.45, 7) is -0.913. The van der Waals surface area contributed by atoms with Crippen molar-refractivity contribution in [2.75, 3.05) is 0 Å². The lowest BCUT2D eigenvalue weighted by Gasteiger charge is -2.22. The van der Waals surface area contributed by atoms with E-state index in [-0.39, 0.29) is 11.6 Å². The van der Waals surface area contributed by atoms with Gasteiger partial charge in [0, 0.05) is 6.08 Å². The van der Waals surface area contributed by atoms with Crippen LogP contribution in [-0.4, -0.2) is 17.2 Å². The summed E-state index contributed by atoms with van der Waals surface area (Å²) >= 11 is 0. The van der Waals surface area contributed by atoms with Crippen molar-refractivity contribution in [2.24, 2.45) is 0 Å². The number of carbonyl (C=O) groups is 1. The molecule has 2 rings (SSSR count). The summed E-state index contributed by atoms with van der Waals surface area (Å²) in [5.74, 6) is -1.40. The van der Waals surface area contributed by atoms with Gasteiger partial charge in [0.1, 0.15) is 0 Å². The van der Waals surface area contributed by atoms with Gasteiger partial charge in [-0.25, -0.2) is 0 Å². The van der Waals surface area contributed by atoms with Gasteiger partial charge in [-0.15, -0.1) is 0 Å². The molecule has 0 fully saturated rings. The van der Waals surface area contributed by atoms with Crippen molar-refractivity contribution in [2.45, 2.75) is 31.2 Å². The molecule has 0 aliphatic carbocycles. The predicted octanol–water partition coefficient (Wildman–Crippen LogP) is 5.65. The Labute approximate surface area is 175 Å². The van der Waals surface area contributed by atoms with Crippen LogP contribution in [-0.2, 0) is 23.8 Å². The fourth-order valence-electron chi connectivity index (χ4n) is 2.71. The molecule has 0 spiro atoms. The van der Waals surface area contributed by atoms with E-state index in [0.717, 1.165) is 30.3 Å². The number of aliphatic hydroxyl groups is 1. The van der Waals surface area contributed by atoms with Crippen LogP contribution >= 0.6 is 0 Å². The van der Waals surface area contributed by atoms with Gasteiger partial charge in [-0.1, -0.05) is 24.3 Å². The summed E-state index contributed by atoms with van der Waals surface area (Å²) in [6.07, 6.45) is -13.6. The highest BCUT2D eigenvalue weighted by Crippen LogP contribution is 2.36. The van der Waals surface area contributed by atoms with Gasteiger partial charge in [0.25, 0.3) is 0 Å². The number of halogens is 9. The van der Waals surface area contributed by atoms with Crippen molar-refractivity contribution < 1.29 is 49.4 Å². The molecule has 12 heteroatoms. The van der Waals surface area contributed by atoms with Crippen LogP contribution in [0.5, 0.6) is 0 Å². The molecule has 0 bridgehead atoms. The first-order valence-electron chi connectivity index (χ1n) is 8.66. The molecule has 0 saturated carbocycles. The number of nitrogens with one attached hydrogen (secondary N) is 1. The van der Waals surface area contributed by atoms with E-state index < -0.39 is 59.3 Å². The molecule has 2 aromatic carbocycles. The van der Waals surface area contributed by atoms with Crippen LogP contribution in [0.2, 0.25) is 0 Å². The number of rotatable bonds is 5. The minimum atomic E-state index is -5.15. The minimum absolute atomic E-state index is 0.202. The Morgan fingerprint density at radius 3 is 2.12 bits per heavy atom. The second-order valence-electron chi connectivity index (χ2n) is 6.51. The van der Waals surface area contributed by atoms with Gasteiger partial charge in [0.05, 0.1) is 17.7 Å². The number of hydrogen-bond donors (Lipinski definition) is 2. The van der Waals surface area contributed by atoms with Crippen LogP contribution in [0.3, 0.4) is 0 Å². The highest BCUT2D eigenvalue weighted by Gasteiger charge is 2.42. The smallest absolute Gasteiger partial charge is 0.392 e. The average molecular weight is 471 g/mol. The number of carbonyl (C=O) groups excluding carboxylic acids is 1. The number of benzene rings is 2. The molecule has 32 heavy (non-hydrogen) atoms. The SMILES string of the molecule is O=C(C=Cc1ccc(CO)c(C(F)(F)F)c1)NC(c1cccc(C(F)(F)F)c1)C(F)(F)F. The zero-order chi connectivity index (χ0) is 24.3. The van der Waals surface area contributed by atoms with Crippen molar-refractivity contribution in [3.8, 4) is 0 Å². The van der Waals surface area contributed by atoms with Crippen LogP contribution in [0.4, 0.5) is 39.5 Å². The lowest BCUT2D eigenvalue weighted by atomic mass is 10.0. The van der Waals surface area contributed by atoms with E-state index in [1.807, 2.05) is 0 Å². The largest absolute Gasteiger partial charge is 0.416 e. The molecule has 0 aromatic heterocycles. The van der Waals surface area contributed by atoms with E-state index in [9.17, 15) is 44.3 Å². The number of hydrogen-bond acceptors (Lipinski definition) is 2. The first-order chi connectivity index (χ1) is 14.6. The first kappa shape index (κ1) is 25.2. The quantitative estimate of drug-likeness (QED) is 0.438. The maximum atomic E-state index is 13.4. The van der Waals surface area contributed by atoms with Gasteiger partial charge < -0.3 is 10.4 Å². The summed E-state index contributed by atoms with van der Waals surface area (Å²) in [5, 5.41) is 10.5. The Morgan fingerprint density at radius 1 is 0.938 bits per heavy atom. The van der Waals surface area contributed by atoms with Crippen LogP contribution in [0.15, 0.2) is 48.5 Å². The zero-order valence-electron chi connectivity index (χ0n) is 15.7. The van der Waals surface area contributed by atoms with Crippen LogP contribution < -0.4 is 5.32 Å². The van der Waals surface area contributed by atoms with Gasteiger partial charge in [0.15, 0.2) is 6.04 Å². The van der Waals surface area contributed by atoms with Crippen molar-refractivity contribution in [3.63, 3.8) is 0 Å². The minimum Gasteiger partial charge on any atom is -0.392 e. The average Bonchev–Trinajstić information content (AvgIpc) is 2.68. The normalized spacial score (nSPS) is 13.9. The summed E-state index contributed by atoms with van der Waals surface area (Å²) < 4.78 is 117. The highest BCUT2D eigenvalue weighted by atomic mass is 19.4. The van der Waals surface area contributed by atoms with Crippen molar-refractivity contribution >= 4 is 12.0 Å². The maximum absolute atomic E-state index is 13.4. The van der Waals surface area contributed by atoms with Crippen LogP contribution in [0.1, 0.15) is 33.9 Å². The third kappa shape index (κ3) is 6.49. The second kappa shape index (κ2) is 9.23. The lowest BCUT2D eigenvalue weighted by Crippen LogP contribution is -2.37. The van der Waals surface area contributed by atoms with Crippen molar-refractivity contribution in [3.05, 3.63) is 76.4 Å². The summed E-state index contributed by atoms with van der Waals surface area (Å²) in [4.78, 5) is 12.0. The van der Waals surface area contributed by atoms with E-state index in [1.54, 1.807) is 0 Å². The van der Waals surface area contributed by atoms with E-state index >= 15 is 0 Å². The number of aliphatic hydroxyl groups excluding tert-OH is 1. The third-order valence-corrected chi connectivity index (χ3v) is 4.20.